The maximum Gasteiger partial charge on any atom is 0.313 e. The van der Waals surface area contributed by atoms with E-state index in [9.17, 15) is 14.9 Å². The normalized spacial score (nSPS) is 12.0. The molecule has 0 aromatic heterocycles. The number of rotatable bonds is 6. The highest BCUT2D eigenvalue weighted by atomic mass is 79.9. The summed E-state index contributed by atoms with van der Waals surface area (Å²) >= 11 is 8.89. The van der Waals surface area contributed by atoms with Gasteiger partial charge in [-0.1, -0.05) is 25.4 Å². The lowest BCUT2D eigenvalue weighted by atomic mass is 10.0. The zero-order chi connectivity index (χ0) is 14.6. The van der Waals surface area contributed by atoms with Crippen molar-refractivity contribution in [2.24, 2.45) is 5.92 Å². The highest BCUT2D eigenvalue weighted by Crippen LogP contribution is 2.37. The Balaban J connectivity index is 2.95. The SMILES string of the molecule is CCC(C)C(=O)COc1c(Br)cc(Cl)cc1[N+](=O)[O-]. The van der Waals surface area contributed by atoms with Crippen molar-refractivity contribution in [1.29, 1.82) is 0 Å². The molecule has 1 rings (SSSR count). The maximum atomic E-state index is 11.7. The second-order valence-electron chi connectivity index (χ2n) is 4.06. The molecule has 0 saturated heterocycles. The van der Waals surface area contributed by atoms with Gasteiger partial charge in [0.15, 0.2) is 5.78 Å². The molecule has 0 radical (unpaired) electrons. The Morgan fingerprint density at radius 2 is 2.21 bits per heavy atom. The van der Waals surface area contributed by atoms with Crippen LogP contribution < -0.4 is 4.74 Å². The summed E-state index contributed by atoms with van der Waals surface area (Å²) in [5.74, 6) is -0.213. The third-order valence-electron chi connectivity index (χ3n) is 2.71. The van der Waals surface area contributed by atoms with Crippen molar-refractivity contribution in [3.63, 3.8) is 0 Å². The molecule has 0 aliphatic rings. The number of carbonyl (C=O) groups excluding carboxylic acids is 1. The van der Waals surface area contributed by atoms with E-state index < -0.39 is 4.92 Å². The summed E-state index contributed by atoms with van der Waals surface area (Å²) in [6, 6.07) is 2.67. The molecule has 1 unspecified atom stereocenters. The molecule has 19 heavy (non-hydrogen) atoms. The van der Waals surface area contributed by atoms with Gasteiger partial charge in [-0.25, -0.2) is 0 Å². The minimum absolute atomic E-state index is 0.0195. The summed E-state index contributed by atoms with van der Waals surface area (Å²) in [4.78, 5) is 22.0. The van der Waals surface area contributed by atoms with E-state index >= 15 is 0 Å². The van der Waals surface area contributed by atoms with Crippen molar-refractivity contribution in [2.45, 2.75) is 20.3 Å². The van der Waals surface area contributed by atoms with Crippen molar-refractivity contribution in [1.82, 2.24) is 0 Å². The zero-order valence-corrected chi connectivity index (χ0v) is 12.8. The molecular formula is C12H13BrClNO4. The largest absolute Gasteiger partial charge is 0.478 e. The van der Waals surface area contributed by atoms with Gasteiger partial charge in [-0.3, -0.25) is 14.9 Å². The second-order valence-corrected chi connectivity index (χ2v) is 5.35. The molecule has 0 saturated carbocycles. The van der Waals surface area contributed by atoms with Crippen LogP contribution in [-0.4, -0.2) is 17.3 Å². The van der Waals surface area contributed by atoms with Gasteiger partial charge in [0.05, 0.1) is 9.40 Å². The topological polar surface area (TPSA) is 69.4 Å². The number of nitro groups is 1. The number of hydrogen-bond donors (Lipinski definition) is 0. The fourth-order valence-corrected chi connectivity index (χ4v) is 2.25. The van der Waals surface area contributed by atoms with Crippen molar-refractivity contribution in [2.75, 3.05) is 6.61 Å². The third-order valence-corrected chi connectivity index (χ3v) is 3.51. The van der Waals surface area contributed by atoms with Gasteiger partial charge in [0.25, 0.3) is 0 Å². The Morgan fingerprint density at radius 1 is 1.58 bits per heavy atom. The van der Waals surface area contributed by atoms with Gasteiger partial charge < -0.3 is 4.74 Å². The molecule has 7 heteroatoms. The molecule has 0 amide bonds. The summed E-state index contributed by atoms with van der Waals surface area (Å²) in [5, 5.41) is 11.1. The Labute approximate surface area is 124 Å². The van der Waals surface area contributed by atoms with Gasteiger partial charge in [-0.2, -0.15) is 0 Å². The first-order valence-electron chi connectivity index (χ1n) is 5.65. The Bertz CT molecular complexity index is 507. The predicted molar refractivity (Wildman–Crippen MR) is 75.8 cm³/mol. The smallest absolute Gasteiger partial charge is 0.313 e. The van der Waals surface area contributed by atoms with Crippen LogP contribution in [0.2, 0.25) is 5.02 Å². The van der Waals surface area contributed by atoms with Crippen LogP contribution in [0.5, 0.6) is 5.75 Å². The van der Waals surface area contributed by atoms with Crippen LogP contribution in [0.4, 0.5) is 5.69 Å². The van der Waals surface area contributed by atoms with Gasteiger partial charge in [0, 0.05) is 17.0 Å². The fourth-order valence-electron chi connectivity index (χ4n) is 1.34. The van der Waals surface area contributed by atoms with E-state index in [0.717, 1.165) is 0 Å². The first-order chi connectivity index (χ1) is 8.86. The van der Waals surface area contributed by atoms with Gasteiger partial charge in [0.2, 0.25) is 5.75 Å². The summed E-state index contributed by atoms with van der Waals surface area (Å²) in [7, 11) is 0. The number of nitrogens with zero attached hydrogens (tertiary/aromatic N) is 1. The first-order valence-corrected chi connectivity index (χ1v) is 6.82. The van der Waals surface area contributed by atoms with Gasteiger partial charge in [0.1, 0.15) is 6.61 Å². The summed E-state index contributed by atoms with van der Waals surface area (Å²) in [6.07, 6.45) is 0.700. The summed E-state index contributed by atoms with van der Waals surface area (Å²) < 4.78 is 5.62. The number of hydrogen-bond acceptors (Lipinski definition) is 4. The maximum absolute atomic E-state index is 11.7. The Kier molecular flexibility index (Phi) is 5.75. The summed E-state index contributed by atoms with van der Waals surface area (Å²) in [6.45, 7) is 3.48. The van der Waals surface area contributed by atoms with Crippen molar-refractivity contribution >= 4 is 39.0 Å². The molecule has 1 aromatic carbocycles. The number of Topliss-reactive ketones (excluding diaryl/α,β-unsaturated/α-hetero) is 1. The number of nitro benzene ring substituents is 1. The molecule has 0 fully saturated rings. The zero-order valence-electron chi connectivity index (χ0n) is 10.5. The van der Waals surface area contributed by atoms with E-state index in [1.54, 1.807) is 6.92 Å². The van der Waals surface area contributed by atoms with Gasteiger partial charge in [-0.15, -0.1) is 0 Å². The number of halogens is 2. The lowest BCUT2D eigenvalue weighted by molar-refractivity contribution is -0.385. The Hall–Kier alpha value is -1.14. The first kappa shape index (κ1) is 15.9. The number of benzene rings is 1. The lowest BCUT2D eigenvalue weighted by Crippen LogP contribution is -2.19. The predicted octanol–water partition coefficient (Wildman–Crippen LogP) is 4.00. The minimum atomic E-state index is -0.598. The van der Waals surface area contributed by atoms with Crippen molar-refractivity contribution in [3.8, 4) is 5.75 Å². The van der Waals surface area contributed by atoms with E-state index in [1.807, 2.05) is 6.92 Å². The average Bonchev–Trinajstić information content (AvgIpc) is 2.35. The van der Waals surface area contributed by atoms with E-state index in [0.29, 0.717) is 10.9 Å². The summed E-state index contributed by atoms with van der Waals surface area (Å²) in [5.41, 5.74) is -0.267. The van der Waals surface area contributed by atoms with Gasteiger partial charge in [-0.05, 0) is 28.4 Å². The van der Waals surface area contributed by atoms with Crippen LogP contribution in [0.3, 0.4) is 0 Å². The number of ether oxygens (including phenoxy) is 1. The fraction of sp³-hybridized carbons (Fsp3) is 0.417. The molecular weight excluding hydrogens is 337 g/mol. The van der Waals surface area contributed by atoms with Crippen molar-refractivity contribution < 1.29 is 14.5 Å². The average molecular weight is 351 g/mol. The molecule has 0 bridgehead atoms. The molecule has 1 atom stereocenters. The van der Waals surface area contributed by atoms with E-state index in [4.69, 9.17) is 16.3 Å². The minimum Gasteiger partial charge on any atom is -0.478 e. The monoisotopic (exact) mass is 349 g/mol. The van der Waals surface area contributed by atoms with Crippen molar-refractivity contribution in [3.05, 3.63) is 31.7 Å². The molecule has 0 aliphatic heterocycles. The quantitative estimate of drug-likeness (QED) is 0.574. The van der Waals surface area contributed by atoms with Crippen LogP contribution in [0.1, 0.15) is 20.3 Å². The Morgan fingerprint density at radius 3 is 2.74 bits per heavy atom. The van der Waals surface area contributed by atoms with Crippen LogP contribution in [0.15, 0.2) is 16.6 Å². The highest BCUT2D eigenvalue weighted by molar-refractivity contribution is 9.10. The van der Waals surface area contributed by atoms with Crippen LogP contribution in [0.25, 0.3) is 0 Å². The molecule has 104 valence electrons. The molecule has 1 aromatic rings. The van der Waals surface area contributed by atoms with Crippen LogP contribution >= 0.6 is 27.5 Å². The molecule has 0 aliphatic carbocycles. The van der Waals surface area contributed by atoms with Crippen LogP contribution in [-0.2, 0) is 4.79 Å². The lowest BCUT2D eigenvalue weighted by Gasteiger charge is -2.11. The molecule has 5 nitrogen and oxygen atoms in total. The molecule has 0 heterocycles. The third kappa shape index (κ3) is 4.18. The molecule has 0 spiro atoms. The van der Waals surface area contributed by atoms with Gasteiger partial charge >= 0.3 is 5.69 Å². The van der Waals surface area contributed by atoms with E-state index in [-0.39, 0.29) is 34.8 Å². The second kappa shape index (κ2) is 6.86. The molecule has 0 N–H and O–H groups in total. The van der Waals surface area contributed by atoms with Crippen LogP contribution in [0, 0.1) is 16.0 Å². The number of ketones is 1. The van der Waals surface area contributed by atoms with E-state index in [1.165, 1.54) is 12.1 Å². The number of carbonyl (C=O) groups is 1. The highest BCUT2D eigenvalue weighted by Gasteiger charge is 2.21. The van der Waals surface area contributed by atoms with E-state index in [2.05, 4.69) is 15.9 Å². The standard InChI is InChI=1S/C12H13BrClNO4/c1-3-7(2)11(16)6-19-12-9(13)4-8(14)5-10(12)15(17)18/h4-5,7H,3,6H2,1-2H3.